The van der Waals surface area contributed by atoms with Gasteiger partial charge in [-0.05, 0) is 19.5 Å². The summed E-state index contributed by atoms with van der Waals surface area (Å²) in [5, 5.41) is 6.69. The number of aryl methyl sites for hydroxylation is 1. The SMILES string of the molecule is Cc1ccc(C2=NO[C@H](C(=O)NCC(=O)N3CCN(C)CC3)C2)cc1. The molecule has 7 heteroatoms. The molecule has 1 atom stereocenters. The molecule has 0 unspecified atom stereocenters. The van der Waals surface area contributed by atoms with E-state index in [1.54, 1.807) is 4.90 Å². The fourth-order valence-corrected chi connectivity index (χ4v) is 2.88. The highest BCUT2D eigenvalue weighted by molar-refractivity contribution is 6.04. The van der Waals surface area contributed by atoms with E-state index >= 15 is 0 Å². The fourth-order valence-electron chi connectivity index (χ4n) is 2.88. The Bertz CT molecular complexity index is 663. The molecule has 0 radical (unpaired) electrons. The van der Waals surface area contributed by atoms with Gasteiger partial charge >= 0.3 is 0 Å². The third-order valence-corrected chi connectivity index (χ3v) is 4.62. The molecule has 2 heterocycles. The molecule has 7 nitrogen and oxygen atoms in total. The quantitative estimate of drug-likeness (QED) is 0.857. The molecule has 1 saturated heterocycles. The Morgan fingerprint density at radius 3 is 2.56 bits per heavy atom. The van der Waals surface area contributed by atoms with Crippen LogP contribution in [0.5, 0.6) is 0 Å². The monoisotopic (exact) mass is 344 g/mol. The minimum Gasteiger partial charge on any atom is -0.382 e. The number of likely N-dealkylation sites (N-methyl/N-ethyl adjacent to an activating group) is 1. The Balaban J connectivity index is 1.45. The largest absolute Gasteiger partial charge is 0.382 e. The average molecular weight is 344 g/mol. The minimum absolute atomic E-state index is 0.00225. The molecule has 25 heavy (non-hydrogen) atoms. The standard InChI is InChI=1S/C18H24N4O3/c1-13-3-5-14(6-4-13)15-11-16(25-20-15)18(24)19-12-17(23)22-9-7-21(2)8-10-22/h3-6,16H,7-12H2,1-2H3,(H,19,24)/t16-/m0/s1. The Morgan fingerprint density at radius 1 is 1.20 bits per heavy atom. The van der Waals surface area contributed by atoms with E-state index in [0.717, 1.165) is 24.4 Å². The number of nitrogens with zero attached hydrogens (tertiary/aromatic N) is 3. The molecular weight excluding hydrogens is 320 g/mol. The minimum atomic E-state index is -0.670. The number of carbonyl (C=O) groups excluding carboxylic acids is 2. The fraction of sp³-hybridized carbons (Fsp3) is 0.500. The van der Waals surface area contributed by atoms with Crippen molar-refractivity contribution < 1.29 is 14.4 Å². The van der Waals surface area contributed by atoms with Gasteiger partial charge in [-0.15, -0.1) is 0 Å². The maximum Gasteiger partial charge on any atom is 0.264 e. The van der Waals surface area contributed by atoms with Crippen molar-refractivity contribution in [1.29, 1.82) is 0 Å². The van der Waals surface area contributed by atoms with Crippen LogP contribution in [-0.2, 0) is 14.4 Å². The first kappa shape index (κ1) is 17.4. The van der Waals surface area contributed by atoms with Crippen molar-refractivity contribution in [3.05, 3.63) is 35.4 Å². The molecule has 2 amide bonds. The van der Waals surface area contributed by atoms with Crippen LogP contribution in [-0.4, -0.2) is 73.2 Å². The average Bonchev–Trinajstić information content (AvgIpc) is 3.11. The van der Waals surface area contributed by atoms with E-state index in [0.29, 0.717) is 19.5 Å². The first-order chi connectivity index (χ1) is 12.0. The summed E-state index contributed by atoms with van der Waals surface area (Å²) in [4.78, 5) is 33.6. The Kier molecular flexibility index (Phi) is 5.33. The lowest BCUT2D eigenvalue weighted by Gasteiger charge is -2.32. The second-order valence-corrected chi connectivity index (χ2v) is 6.60. The summed E-state index contributed by atoms with van der Waals surface area (Å²) in [5.41, 5.74) is 2.87. The smallest absolute Gasteiger partial charge is 0.264 e. The van der Waals surface area contributed by atoms with E-state index < -0.39 is 6.10 Å². The van der Waals surface area contributed by atoms with Gasteiger partial charge in [-0.3, -0.25) is 9.59 Å². The first-order valence-electron chi connectivity index (χ1n) is 8.56. The number of nitrogens with one attached hydrogen (secondary N) is 1. The summed E-state index contributed by atoms with van der Waals surface area (Å²) in [7, 11) is 2.03. The number of hydrogen-bond acceptors (Lipinski definition) is 5. The molecule has 2 aliphatic heterocycles. The van der Waals surface area contributed by atoms with Crippen LogP contribution in [0.15, 0.2) is 29.4 Å². The topological polar surface area (TPSA) is 74.2 Å². The van der Waals surface area contributed by atoms with Gasteiger partial charge in [0.05, 0.1) is 12.3 Å². The van der Waals surface area contributed by atoms with Crippen LogP contribution in [0.2, 0.25) is 0 Å². The van der Waals surface area contributed by atoms with Crippen molar-refractivity contribution in [1.82, 2.24) is 15.1 Å². The molecule has 1 aromatic carbocycles. The Morgan fingerprint density at radius 2 is 1.88 bits per heavy atom. The van der Waals surface area contributed by atoms with Crippen molar-refractivity contribution >= 4 is 17.5 Å². The Hall–Kier alpha value is -2.41. The number of benzene rings is 1. The van der Waals surface area contributed by atoms with Crippen LogP contribution in [0, 0.1) is 6.92 Å². The van der Waals surface area contributed by atoms with Crippen molar-refractivity contribution in [2.45, 2.75) is 19.4 Å². The van der Waals surface area contributed by atoms with Crippen molar-refractivity contribution in [2.75, 3.05) is 39.8 Å². The van der Waals surface area contributed by atoms with Crippen LogP contribution >= 0.6 is 0 Å². The van der Waals surface area contributed by atoms with E-state index in [1.807, 2.05) is 38.2 Å². The molecule has 0 spiro atoms. The summed E-state index contributed by atoms with van der Waals surface area (Å²) in [6.07, 6.45) is -0.256. The van der Waals surface area contributed by atoms with Crippen molar-refractivity contribution in [2.24, 2.45) is 5.16 Å². The molecule has 1 N–H and O–H groups in total. The van der Waals surface area contributed by atoms with Crippen LogP contribution in [0.25, 0.3) is 0 Å². The molecule has 1 fully saturated rings. The highest BCUT2D eigenvalue weighted by atomic mass is 16.6. The van der Waals surface area contributed by atoms with E-state index in [2.05, 4.69) is 15.4 Å². The third kappa shape index (κ3) is 4.36. The zero-order chi connectivity index (χ0) is 17.8. The summed E-state index contributed by atoms with van der Waals surface area (Å²) in [6, 6.07) is 7.93. The molecule has 2 aliphatic rings. The van der Waals surface area contributed by atoms with Gasteiger partial charge in [0.1, 0.15) is 0 Å². The van der Waals surface area contributed by atoms with Gasteiger partial charge < -0.3 is 20.0 Å². The van der Waals surface area contributed by atoms with E-state index in [1.165, 1.54) is 5.56 Å². The highest BCUT2D eigenvalue weighted by Crippen LogP contribution is 2.17. The van der Waals surface area contributed by atoms with Crippen LogP contribution in [0.1, 0.15) is 17.5 Å². The van der Waals surface area contributed by atoms with Gasteiger partial charge in [-0.1, -0.05) is 35.0 Å². The summed E-state index contributed by atoms with van der Waals surface area (Å²) in [5.74, 6) is -0.354. The Labute approximate surface area is 147 Å². The lowest BCUT2D eigenvalue weighted by molar-refractivity contribution is -0.137. The second kappa shape index (κ2) is 7.65. The normalized spacial score (nSPS) is 20.8. The molecule has 134 valence electrons. The number of amides is 2. The molecule has 1 aromatic rings. The maximum absolute atomic E-state index is 12.2. The second-order valence-electron chi connectivity index (χ2n) is 6.60. The highest BCUT2D eigenvalue weighted by Gasteiger charge is 2.29. The molecule has 0 saturated carbocycles. The molecule has 0 bridgehead atoms. The zero-order valence-corrected chi connectivity index (χ0v) is 14.7. The lowest BCUT2D eigenvalue weighted by Crippen LogP contribution is -2.50. The van der Waals surface area contributed by atoms with Gasteiger partial charge in [-0.25, -0.2) is 0 Å². The first-order valence-corrected chi connectivity index (χ1v) is 8.56. The molecule has 0 aromatic heterocycles. The number of oxime groups is 1. The van der Waals surface area contributed by atoms with E-state index in [9.17, 15) is 9.59 Å². The van der Waals surface area contributed by atoms with Crippen molar-refractivity contribution in [3.8, 4) is 0 Å². The van der Waals surface area contributed by atoms with Gasteiger partial charge in [0.2, 0.25) is 12.0 Å². The zero-order valence-electron chi connectivity index (χ0n) is 14.7. The molecule has 0 aliphatic carbocycles. The number of rotatable bonds is 4. The number of piperazine rings is 1. The predicted octanol–water partition coefficient (Wildman–Crippen LogP) is 0.378. The number of hydrogen-bond donors (Lipinski definition) is 1. The summed E-state index contributed by atoms with van der Waals surface area (Å²) >= 11 is 0. The van der Waals surface area contributed by atoms with E-state index in [4.69, 9.17) is 4.84 Å². The predicted molar refractivity (Wildman–Crippen MR) is 94.3 cm³/mol. The van der Waals surface area contributed by atoms with Crippen molar-refractivity contribution in [3.63, 3.8) is 0 Å². The number of carbonyl (C=O) groups is 2. The van der Waals surface area contributed by atoms with Crippen LogP contribution < -0.4 is 5.32 Å². The van der Waals surface area contributed by atoms with Gasteiger partial charge in [0.25, 0.3) is 5.91 Å². The third-order valence-electron chi connectivity index (χ3n) is 4.62. The van der Waals surface area contributed by atoms with Crippen LogP contribution in [0.3, 0.4) is 0 Å². The van der Waals surface area contributed by atoms with Gasteiger partial charge in [-0.2, -0.15) is 0 Å². The lowest BCUT2D eigenvalue weighted by atomic mass is 10.0. The molecule has 3 rings (SSSR count). The van der Waals surface area contributed by atoms with Gasteiger partial charge in [0, 0.05) is 32.6 Å². The summed E-state index contributed by atoms with van der Waals surface area (Å²) < 4.78 is 0. The van der Waals surface area contributed by atoms with Crippen LogP contribution in [0.4, 0.5) is 0 Å². The summed E-state index contributed by atoms with van der Waals surface area (Å²) in [6.45, 7) is 5.14. The van der Waals surface area contributed by atoms with E-state index in [-0.39, 0.29) is 18.4 Å². The maximum atomic E-state index is 12.2. The molecular formula is C18H24N4O3. The van der Waals surface area contributed by atoms with Gasteiger partial charge in [0.15, 0.2) is 0 Å².